The molecule has 0 aliphatic rings. The number of nitro groups is 1. The molecule has 1 amide bonds. The van der Waals surface area contributed by atoms with Crippen LogP contribution in [-0.4, -0.2) is 25.6 Å². The number of para-hydroxylation sites is 1. The number of halogens is 1. The van der Waals surface area contributed by atoms with Gasteiger partial charge in [0.1, 0.15) is 22.7 Å². The summed E-state index contributed by atoms with van der Waals surface area (Å²) >= 11 is 7.27. The Kier molecular flexibility index (Phi) is 5.15. The van der Waals surface area contributed by atoms with E-state index < -0.39 is 10.8 Å². The molecular formula is C22H14ClN5O4S. The van der Waals surface area contributed by atoms with Gasteiger partial charge in [-0.15, -0.1) is 11.3 Å². The zero-order valence-corrected chi connectivity index (χ0v) is 18.6. The second-order valence-electron chi connectivity index (χ2n) is 7.12. The minimum Gasteiger partial charge on any atom is -0.454 e. The summed E-state index contributed by atoms with van der Waals surface area (Å²) in [6, 6.07) is 15.0. The topological polar surface area (TPSA) is 116 Å². The second-order valence-corrected chi connectivity index (χ2v) is 8.39. The number of fused-ring (bicyclic) bond motifs is 1. The molecule has 0 spiro atoms. The number of hydrogen-bond donors (Lipinski definition) is 1. The Morgan fingerprint density at radius 1 is 1.21 bits per heavy atom. The number of carbonyl (C=O) groups is 1. The highest BCUT2D eigenvalue weighted by Gasteiger charge is 2.23. The SMILES string of the molecule is Cc1cc(NC(=O)c2cc(Cl)ccc2[N+](=O)[O-])n(-c2nc(-c3cc4ccccc4o3)cs2)n1. The van der Waals surface area contributed by atoms with Crippen LogP contribution in [0.3, 0.4) is 0 Å². The van der Waals surface area contributed by atoms with Crippen molar-refractivity contribution in [1.29, 1.82) is 0 Å². The lowest BCUT2D eigenvalue weighted by molar-refractivity contribution is -0.385. The number of furan rings is 1. The molecule has 0 aliphatic heterocycles. The van der Waals surface area contributed by atoms with Crippen molar-refractivity contribution in [3.05, 3.63) is 86.4 Å². The third kappa shape index (κ3) is 3.97. The van der Waals surface area contributed by atoms with Crippen molar-refractivity contribution >= 4 is 51.3 Å². The molecule has 0 saturated carbocycles. The van der Waals surface area contributed by atoms with Crippen LogP contribution in [-0.2, 0) is 0 Å². The predicted molar refractivity (Wildman–Crippen MR) is 125 cm³/mol. The third-order valence-corrected chi connectivity index (χ3v) is 5.88. The molecule has 2 aromatic carbocycles. The van der Waals surface area contributed by atoms with Crippen LogP contribution in [0.2, 0.25) is 5.02 Å². The molecule has 33 heavy (non-hydrogen) atoms. The highest BCUT2D eigenvalue weighted by Crippen LogP contribution is 2.31. The lowest BCUT2D eigenvalue weighted by Crippen LogP contribution is -2.16. The van der Waals surface area contributed by atoms with E-state index >= 15 is 0 Å². The number of nitrogens with zero attached hydrogens (tertiary/aromatic N) is 4. The maximum atomic E-state index is 12.9. The smallest absolute Gasteiger partial charge is 0.282 e. The van der Waals surface area contributed by atoms with Gasteiger partial charge in [-0.05, 0) is 31.2 Å². The third-order valence-electron chi connectivity index (χ3n) is 4.82. The monoisotopic (exact) mass is 479 g/mol. The van der Waals surface area contributed by atoms with E-state index in [-0.39, 0.29) is 16.3 Å². The number of amides is 1. The molecule has 0 unspecified atom stereocenters. The van der Waals surface area contributed by atoms with Gasteiger partial charge in [0.05, 0.1) is 10.6 Å². The van der Waals surface area contributed by atoms with Crippen LogP contribution in [0, 0.1) is 17.0 Å². The zero-order valence-electron chi connectivity index (χ0n) is 17.0. The molecular weight excluding hydrogens is 466 g/mol. The number of anilines is 1. The van der Waals surface area contributed by atoms with Crippen molar-refractivity contribution in [2.45, 2.75) is 6.92 Å². The average Bonchev–Trinajstić information content (AvgIpc) is 3.51. The minimum atomic E-state index is -0.681. The van der Waals surface area contributed by atoms with Gasteiger partial charge in [-0.1, -0.05) is 29.8 Å². The highest BCUT2D eigenvalue weighted by molar-refractivity contribution is 7.12. The summed E-state index contributed by atoms with van der Waals surface area (Å²) in [5.41, 5.74) is 1.52. The first-order chi connectivity index (χ1) is 15.9. The Labute approximate surface area is 195 Å². The summed E-state index contributed by atoms with van der Waals surface area (Å²) < 4.78 is 7.35. The van der Waals surface area contributed by atoms with Crippen LogP contribution in [0.1, 0.15) is 16.1 Å². The number of carbonyl (C=O) groups excluding carboxylic acids is 1. The van der Waals surface area contributed by atoms with Crippen LogP contribution >= 0.6 is 22.9 Å². The number of benzene rings is 2. The number of rotatable bonds is 5. The second kappa shape index (κ2) is 8.15. The Hall–Kier alpha value is -4.02. The molecule has 0 saturated heterocycles. The Morgan fingerprint density at radius 3 is 2.82 bits per heavy atom. The normalized spacial score (nSPS) is 11.1. The first-order valence-corrected chi connectivity index (χ1v) is 10.9. The van der Waals surface area contributed by atoms with Crippen molar-refractivity contribution in [1.82, 2.24) is 14.8 Å². The summed E-state index contributed by atoms with van der Waals surface area (Å²) in [5.74, 6) is 0.249. The van der Waals surface area contributed by atoms with Crippen molar-refractivity contribution < 1.29 is 14.1 Å². The van der Waals surface area contributed by atoms with Gasteiger partial charge in [-0.25, -0.2) is 4.98 Å². The van der Waals surface area contributed by atoms with Gasteiger partial charge in [0, 0.05) is 27.9 Å². The van der Waals surface area contributed by atoms with E-state index in [0.29, 0.717) is 28.1 Å². The van der Waals surface area contributed by atoms with E-state index in [4.69, 9.17) is 16.0 Å². The lowest BCUT2D eigenvalue weighted by Gasteiger charge is -2.07. The highest BCUT2D eigenvalue weighted by atomic mass is 35.5. The predicted octanol–water partition coefficient (Wildman–Crippen LogP) is 5.86. The van der Waals surface area contributed by atoms with Gasteiger partial charge >= 0.3 is 0 Å². The summed E-state index contributed by atoms with van der Waals surface area (Å²) in [7, 11) is 0. The molecule has 0 bridgehead atoms. The Bertz CT molecular complexity index is 1500. The van der Waals surface area contributed by atoms with E-state index in [0.717, 1.165) is 11.0 Å². The molecule has 0 aliphatic carbocycles. The number of nitrogens with one attached hydrogen (secondary N) is 1. The minimum absolute atomic E-state index is 0.153. The first kappa shape index (κ1) is 20.9. The van der Waals surface area contributed by atoms with E-state index in [2.05, 4.69) is 15.4 Å². The maximum Gasteiger partial charge on any atom is 0.282 e. The number of hydrogen-bond acceptors (Lipinski definition) is 7. The number of aryl methyl sites for hydroxylation is 1. The zero-order chi connectivity index (χ0) is 23.1. The van der Waals surface area contributed by atoms with Crippen molar-refractivity contribution in [2.75, 3.05) is 5.32 Å². The van der Waals surface area contributed by atoms with Crippen molar-refractivity contribution in [3.63, 3.8) is 0 Å². The lowest BCUT2D eigenvalue weighted by atomic mass is 10.1. The van der Waals surface area contributed by atoms with Crippen LogP contribution < -0.4 is 5.32 Å². The molecule has 9 nitrogen and oxygen atoms in total. The average molecular weight is 480 g/mol. The van der Waals surface area contributed by atoms with E-state index in [1.807, 2.05) is 35.7 Å². The molecule has 164 valence electrons. The van der Waals surface area contributed by atoms with E-state index in [1.54, 1.807) is 13.0 Å². The van der Waals surface area contributed by atoms with Gasteiger partial charge in [0.25, 0.3) is 11.6 Å². The largest absolute Gasteiger partial charge is 0.454 e. The molecule has 3 heterocycles. The molecule has 3 aromatic heterocycles. The van der Waals surface area contributed by atoms with E-state index in [9.17, 15) is 14.9 Å². The van der Waals surface area contributed by atoms with Crippen LogP contribution in [0.4, 0.5) is 11.5 Å². The van der Waals surface area contributed by atoms with Gasteiger partial charge in [0.15, 0.2) is 5.76 Å². The Balaban J connectivity index is 1.47. The van der Waals surface area contributed by atoms with Crippen molar-refractivity contribution in [2.24, 2.45) is 0 Å². The van der Waals surface area contributed by atoms with Crippen LogP contribution in [0.25, 0.3) is 27.6 Å². The fourth-order valence-electron chi connectivity index (χ4n) is 3.35. The quantitative estimate of drug-likeness (QED) is 0.249. The fraction of sp³-hybridized carbons (Fsp3) is 0.0455. The summed E-state index contributed by atoms with van der Waals surface area (Å²) in [6.07, 6.45) is 0. The van der Waals surface area contributed by atoms with Gasteiger partial charge in [-0.2, -0.15) is 9.78 Å². The molecule has 5 aromatic rings. The molecule has 0 atom stereocenters. The van der Waals surface area contributed by atoms with Crippen molar-refractivity contribution in [3.8, 4) is 16.6 Å². The summed E-state index contributed by atoms with van der Waals surface area (Å²) in [4.78, 5) is 28.2. The van der Waals surface area contributed by atoms with Crippen LogP contribution in [0.15, 0.2) is 64.4 Å². The van der Waals surface area contributed by atoms with Gasteiger partial charge in [-0.3, -0.25) is 14.9 Å². The number of thiazole rings is 1. The standard InChI is InChI=1S/C22H14ClN5O4S/c1-12-8-20(25-21(29)15-10-14(23)6-7-17(15)28(30)31)27(26-12)22-24-16(11-33-22)19-9-13-4-2-3-5-18(13)32-19/h2-11H,1H3,(H,25,29). The maximum absolute atomic E-state index is 12.9. The van der Waals surface area contributed by atoms with E-state index in [1.165, 1.54) is 34.2 Å². The Morgan fingerprint density at radius 2 is 2.03 bits per heavy atom. The molecule has 0 radical (unpaired) electrons. The fourth-order valence-corrected chi connectivity index (χ4v) is 4.30. The van der Waals surface area contributed by atoms with Crippen LogP contribution in [0.5, 0.6) is 0 Å². The van der Waals surface area contributed by atoms with Gasteiger partial charge in [0.2, 0.25) is 5.13 Å². The first-order valence-electron chi connectivity index (χ1n) is 9.66. The summed E-state index contributed by atoms with van der Waals surface area (Å²) in [6.45, 7) is 1.77. The molecule has 1 N–H and O–H groups in total. The molecule has 11 heteroatoms. The molecule has 5 rings (SSSR count). The number of nitro benzene ring substituents is 1. The molecule has 0 fully saturated rings. The van der Waals surface area contributed by atoms with Gasteiger partial charge < -0.3 is 9.73 Å². The summed E-state index contributed by atoms with van der Waals surface area (Å²) in [5, 5.41) is 21.9. The number of aromatic nitrogens is 3.